The number of imidazole rings is 1. The lowest BCUT2D eigenvalue weighted by Gasteiger charge is -2.00. The van der Waals surface area contributed by atoms with E-state index in [0.29, 0.717) is 21.9 Å². The van der Waals surface area contributed by atoms with E-state index in [1.54, 1.807) is 23.6 Å². The van der Waals surface area contributed by atoms with E-state index < -0.39 is 0 Å². The average Bonchev–Trinajstić information content (AvgIpc) is 2.98. The maximum atomic E-state index is 13.3. The predicted octanol–water partition coefficient (Wildman–Crippen LogP) is 3.34. The van der Waals surface area contributed by atoms with E-state index in [-0.39, 0.29) is 5.82 Å². The van der Waals surface area contributed by atoms with E-state index in [9.17, 15) is 9.65 Å². The smallest absolute Gasteiger partial charge is 0.214 e. The molecule has 0 spiro atoms. The molecule has 20 heavy (non-hydrogen) atoms. The Balaban J connectivity index is 2.23. The molecule has 0 amide bonds. The minimum Gasteiger partial charge on any atom is -0.216 e. The highest BCUT2D eigenvalue weighted by molar-refractivity contribution is 7.16. The van der Waals surface area contributed by atoms with Crippen LogP contribution in [0, 0.1) is 24.1 Å². The summed E-state index contributed by atoms with van der Waals surface area (Å²) < 4.78 is 14.9. The molecule has 0 saturated heterocycles. The Hall–Kier alpha value is -2.26. The van der Waals surface area contributed by atoms with Gasteiger partial charge in [0.15, 0.2) is 5.69 Å². The lowest BCUT2D eigenvalue weighted by molar-refractivity contribution is 0.619. The summed E-state index contributed by atoms with van der Waals surface area (Å²) in [7, 11) is 0. The first kappa shape index (κ1) is 12.8. The van der Waals surface area contributed by atoms with Gasteiger partial charge in [-0.15, -0.1) is 0 Å². The Bertz CT molecular complexity index is 841. The summed E-state index contributed by atoms with van der Waals surface area (Å²) in [6.07, 6.45) is 0.809. The Labute approximate surface area is 119 Å². The fraction of sp³-hybridized carbons (Fsp3) is 0.214. The van der Waals surface area contributed by atoms with E-state index in [0.717, 1.165) is 17.0 Å². The second kappa shape index (κ2) is 4.69. The van der Waals surface area contributed by atoms with Gasteiger partial charge in [0.2, 0.25) is 4.96 Å². The highest BCUT2D eigenvalue weighted by atomic mass is 32.1. The molecule has 4 nitrogen and oxygen atoms in total. The number of aryl methyl sites for hydroxylation is 2. The molecule has 6 heteroatoms. The SMILES string of the molecule is CCc1nn2c(C#N)c(-c3ccc(F)c(C)c3)nc2s1. The minimum absolute atomic E-state index is 0.264. The van der Waals surface area contributed by atoms with Gasteiger partial charge < -0.3 is 0 Å². The van der Waals surface area contributed by atoms with Gasteiger partial charge >= 0.3 is 0 Å². The molecule has 3 rings (SSSR count). The summed E-state index contributed by atoms with van der Waals surface area (Å²) in [6, 6.07) is 6.87. The Morgan fingerprint density at radius 3 is 2.90 bits per heavy atom. The normalized spacial score (nSPS) is 10.9. The first-order valence-corrected chi connectivity index (χ1v) is 7.00. The molecule has 100 valence electrons. The van der Waals surface area contributed by atoms with Crippen LogP contribution in [0.4, 0.5) is 4.39 Å². The van der Waals surface area contributed by atoms with E-state index in [4.69, 9.17) is 0 Å². The molecular formula is C14H11FN4S. The van der Waals surface area contributed by atoms with Crippen LogP contribution in [0.15, 0.2) is 18.2 Å². The number of nitrogens with zero attached hydrogens (tertiary/aromatic N) is 4. The lowest BCUT2D eigenvalue weighted by Crippen LogP contribution is -1.92. The van der Waals surface area contributed by atoms with Gasteiger partial charge in [0, 0.05) is 5.56 Å². The number of nitriles is 1. The largest absolute Gasteiger partial charge is 0.216 e. The minimum atomic E-state index is -0.264. The molecule has 3 aromatic rings. The van der Waals surface area contributed by atoms with Crippen LogP contribution in [-0.2, 0) is 6.42 Å². The summed E-state index contributed by atoms with van der Waals surface area (Å²) in [5, 5.41) is 14.7. The number of hydrogen-bond acceptors (Lipinski definition) is 4. The van der Waals surface area contributed by atoms with Crippen LogP contribution >= 0.6 is 11.3 Å². The molecule has 0 atom stereocenters. The summed E-state index contributed by atoms with van der Waals surface area (Å²) in [5.74, 6) is -0.264. The van der Waals surface area contributed by atoms with Gasteiger partial charge in [-0.25, -0.2) is 9.37 Å². The topological polar surface area (TPSA) is 54.0 Å². The van der Waals surface area contributed by atoms with Crippen molar-refractivity contribution in [2.24, 2.45) is 0 Å². The van der Waals surface area contributed by atoms with Gasteiger partial charge in [-0.05, 0) is 37.1 Å². The second-order valence-corrected chi connectivity index (χ2v) is 5.47. The molecule has 0 unspecified atom stereocenters. The third kappa shape index (κ3) is 1.87. The highest BCUT2D eigenvalue weighted by Crippen LogP contribution is 2.27. The second-order valence-electron chi connectivity index (χ2n) is 4.43. The van der Waals surface area contributed by atoms with Gasteiger partial charge in [0.25, 0.3) is 0 Å². The van der Waals surface area contributed by atoms with Crippen LogP contribution in [0.25, 0.3) is 16.2 Å². The zero-order valence-electron chi connectivity index (χ0n) is 11.0. The van der Waals surface area contributed by atoms with Crippen molar-refractivity contribution < 1.29 is 4.39 Å². The molecule has 0 radical (unpaired) electrons. The van der Waals surface area contributed by atoms with Crippen LogP contribution in [0.5, 0.6) is 0 Å². The van der Waals surface area contributed by atoms with E-state index in [2.05, 4.69) is 16.2 Å². The Morgan fingerprint density at radius 2 is 2.25 bits per heavy atom. The third-order valence-corrected chi connectivity index (χ3v) is 4.14. The zero-order valence-corrected chi connectivity index (χ0v) is 11.8. The van der Waals surface area contributed by atoms with Gasteiger partial charge in [-0.2, -0.15) is 14.9 Å². The van der Waals surface area contributed by atoms with Crippen molar-refractivity contribution in [1.29, 1.82) is 5.26 Å². The Morgan fingerprint density at radius 1 is 1.45 bits per heavy atom. The van der Waals surface area contributed by atoms with Crippen molar-refractivity contribution in [3.05, 3.63) is 40.3 Å². The number of rotatable bonds is 2. The fourth-order valence-electron chi connectivity index (χ4n) is 2.02. The average molecular weight is 286 g/mol. The molecule has 0 N–H and O–H groups in total. The van der Waals surface area contributed by atoms with Crippen LogP contribution in [-0.4, -0.2) is 14.6 Å². The number of halogens is 1. The van der Waals surface area contributed by atoms with Crippen molar-refractivity contribution >= 4 is 16.3 Å². The molecule has 2 heterocycles. The quantitative estimate of drug-likeness (QED) is 0.726. The standard InChI is InChI=1S/C14H11FN4S/c1-3-12-18-19-11(7-16)13(17-14(19)20-12)9-4-5-10(15)8(2)6-9/h4-6H,3H2,1-2H3. The molecular weight excluding hydrogens is 275 g/mol. The molecule has 2 aromatic heterocycles. The summed E-state index contributed by atoms with van der Waals surface area (Å²) in [4.78, 5) is 5.16. The fourth-order valence-corrected chi connectivity index (χ4v) is 2.86. The van der Waals surface area contributed by atoms with Gasteiger partial charge in [-0.1, -0.05) is 18.3 Å². The molecule has 0 aliphatic heterocycles. The summed E-state index contributed by atoms with van der Waals surface area (Å²) >= 11 is 1.47. The maximum Gasteiger partial charge on any atom is 0.214 e. The molecule has 1 aromatic carbocycles. The first-order valence-electron chi connectivity index (χ1n) is 6.19. The maximum absolute atomic E-state index is 13.3. The molecule has 0 saturated carbocycles. The van der Waals surface area contributed by atoms with Crippen molar-refractivity contribution in [3.8, 4) is 17.3 Å². The van der Waals surface area contributed by atoms with E-state index >= 15 is 0 Å². The lowest BCUT2D eigenvalue weighted by atomic mass is 10.1. The number of fused-ring (bicyclic) bond motifs is 1. The third-order valence-electron chi connectivity index (χ3n) is 3.09. The van der Waals surface area contributed by atoms with E-state index in [1.807, 2.05) is 6.92 Å². The van der Waals surface area contributed by atoms with Crippen LogP contribution in [0.2, 0.25) is 0 Å². The molecule has 0 fully saturated rings. The van der Waals surface area contributed by atoms with Crippen LogP contribution in [0.3, 0.4) is 0 Å². The van der Waals surface area contributed by atoms with Gasteiger partial charge in [0.1, 0.15) is 22.6 Å². The summed E-state index contributed by atoms with van der Waals surface area (Å²) in [5.41, 5.74) is 2.21. The molecule has 0 aliphatic rings. The van der Waals surface area contributed by atoms with Crippen molar-refractivity contribution in [3.63, 3.8) is 0 Å². The van der Waals surface area contributed by atoms with E-state index in [1.165, 1.54) is 17.4 Å². The Kier molecular flexibility index (Phi) is 2.99. The van der Waals surface area contributed by atoms with Crippen LogP contribution in [0.1, 0.15) is 23.2 Å². The highest BCUT2D eigenvalue weighted by Gasteiger charge is 2.17. The first-order chi connectivity index (χ1) is 9.63. The zero-order chi connectivity index (χ0) is 14.3. The number of aromatic nitrogens is 3. The summed E-state index contributed by atoms with van der Waals surface area (Å²) in [6.45, 7) is 3.70. The number of hydrogen-bond donors (Lipinski definition) is 0. The predicted molar refractivity (Wildman–Crippen MR) is 75.1 cm³/mol. The van der Waals surface area contributed by atoms with Crippen molar-refractivity contribution in [1.82, 2.24) is 14.6 Å². The van der Waals surface area contributed by atoms with Gasteiger partial charge in [0.05, 0.1) is 0 Å². The molecule has 0 aliphatic carbocycles. The van der Waals surface area contributed by atoms with Gasteiger partial charge in [-0.3, -0.25) is 0 Å². The molecule has 0 bridgehead atoms. The van der Waals surface area contributed by atoms with Crippen molar-refractivity contribution in [2.75, 3.05) is 0 Å². The monoisotopic (exact) mass is 286 g/mol. The van der Waals surface area contributed by atoms with Crippen molar-refractivity contribution in [2.45, 2.75) is 20.3 Å². The number of benzene rings is 1. The van der Waals surface area contributed by atoms with Crippen LogP contribution < -0.4 is 0 Å².